The van der Waals surface area contributed by atoms with Crippen molar-refractivity contribution < 1.29 is 4.74 Å². The standard InChI is InChI=1S/C13H16N2OS/c1-7-5-8(2)12(16-4)10(6-7)11-13(14)17-9(3)15-11/h5-6H,14H2,1-4H3. The molecule has 0 fully saturated rings. The summed E-state index contributed by atoms with van der Waals surface area (Å²) in [6.07, 6.45) is 0. The van der Waals surface area contributed by atoms with Crippen LogP contribution in [-0.2, 0) is 0 Å². The van der Waals surface area contributed by atoms with Crippen molar-refractivity contribution in [2.75, 3.05) is 12.8 Å². The van der Waals surface area contributed by atoms with E-state index in [1.165, 1.54) is 16.9 Å². The van der Waals surface area contributed by atoms with E-state index in [1.807, 2.05) is 13.8 Å². The minimum atomic E-state index is 0.741. The predicted molar refractivity (Wildman–Crippen MR) is 72.7 cm³/mol. The SMILES string of the molecule is COc1c(C)cc(C)cc1-c1nc(C)sc1N. The maximum atomic E-state index is 6.00. The first-order chi connectivity index (χ1) is 8.02. The molecule has 0 atom stereocenters. The lowest BCUT2D eigenvalue weighted by molar-refractivity contribution is 0.413. The van der Waals surface area contributed by atoms with E-state index in [9.17, 15) is 0 Å². The van der Waals surface area contributed by atoms with Crippen molar-refractivity contribution >= 4 is 16.3 Å². The highest BCUT2D eigenvalue weighted by atomic mass is 32.1. The summed E-state index contributed by atoms with van der Waals surface area (Å²) in [5.41, 5.74) is 10.1. The van der Waals surface area contributed by atoms with Gasteiger partial charge in [0.25, 0.3) is 0 Å². The van der Waals surface area contributed by atoms with Crippen molar-refractivity contribution in [3.8, 4) is 17.0 Å². The topological polar surface area (TPSA) is 48.1 Å². The number of aromatic nitrogens is 1. The first kappa shape index (κ1) is 11.9. The number of rotatable bonds is 2. The molecule has 0 saturated heterocycles. The quantitative estimate of drug-likeness (QED) is 0.886. The van der Waals surface area contributed by atoms with Gasteiger partial charge in [-0.1, -0.05) is 6.07 Å². The zero-order chi connectivity index (χ0) is 12.6. The lowest BCUT2D eigenvalue weighted by atomic mass is 10.0. The third kappa shape index (κ3) is 2.13. The second-order valence-corrected chi connectivity index (χ2v) is 5.34. The van der Waals surface area contributed by atoms with E-state index >= 15 is 0 Å². The summed E-state index contributed by atoms with van der Waals surface area (Å²) in [6.45, 7) is 6.05. The van der Waals surface area contributed by atoms with Gasteiger partial charge in [0, 0.05) is 5.56 Å². The lowest BCUT2D eigenvalue weighted by Crippen LogP contribution is -1.95. The number of thiazole rings is 1. The van der Waals surface area contributed by atoms with Crippen LogP contribution < -0.4 is 10.5 Å². The summed E-state index contributed by atoms with van der Waals surface area (Å²) in [7, 11) is 1.68. The van der Waals surface area contributed by atoms with E-state index in [1.54, 1.807) is 7.11 Å². The van der Waals surface area contributed by atoms with Crippen LogP contribution in [-0.4, -0.2) is 12.1 Å². The van der Waals surface area contributed by atoms with Gasteiger partial charge in [-0.05, 0) is 38.0 Å². The molecule has 0 aliphatic carbocycles. The van der Waals surface area contributed by atoms with Crippen LogP contribution in [0, 0.1) is 20.8 Å². The highest BCUT2D eigenvalue weighted by Gasteiger charge is 2.15. The Morgan fingerprint density at radius 3 is 2.47 bits per heavy atom. The van der Waals surface area contributed by atoms with E-state index in [0.29, 0.717) is 0 Å². The molecule has 0 spiro atoms. The largest absolute Gasteiger partial charge is 0.496 e. The Labute approximate surface area is 105 Å². The van der Waals surface area contributed by atoms with Crippen LogP contribution in [0.5, 0.6) is 5.75 Å². The number of hydrogen-bond donors (Lipinski definition) is 1. The highest BCUT2D eigenvalue weighted by Crippen LogP contribution is 2.38. The molecule has 0 radical (unpaired) electrons. The number of ether oxygens (including phenoxy) is 1. The molecule has 2 rings (SSSR count). The van der Waals surface area contributed by atoms with Crippen molar-refractivity contribution in [1.29, 1.82) is 0 Å². The molecule has 1 heterocycles. The second-order valence-electron chi connectivity index (χ2n) is 4.11. The van der Waals surface area contributed by atoms with Gasteiger partial charge in [0.05, 0.1) is 12.1 Å². The fraction of sp³-hybridized carbons (Fsp3) is 0.308. The number of anilines is 1. The van der Waals surface area contributed by atoms with E-state index in [2.05, 4.69) is 24.0 Å². The first-order valence-electron chi connectivity index (χ1n) is 5.41. The molecule has 1 aromatic carbocycles. The van der Waals surface area contributed by atoms with Gasteiger partial charge in [-0.3, -0.25) is 0 Å². The number of hydrogen-bond acceptors (Lipinski definition) is 4. The normalized spacial score (nSPS) is 10.6. The van der Waals surface area contributed by atoms with Crippen LogP contribution in [0.1, 0.15) is 16.1 Å². The summed E-state index contributed by atoms with van der Waals surface area (Å²) in [6, 6.07) is 4.16. The Kier molecular flexibility index (Phi) is 3.07. The molecule has 0 aliphatic rings. The maximum Gasteiger partial charge on any atom is 0.131 e. The van der Waals surface area contributed by atoms with Crippen molar-refractivity contribution in [3.63, 3.8) is 0 Å². The monoisotopic (exact) mass is 248 g/mol. The number of methoxy groups -OCH3 is 1. The van der Waals surface area contributed by atoms with Gasteiger partial charge in [0.1, 0.15) is 16.4 Å². The zero-order valence-electron chi connectivity index (χ0n) is 10.5. The second kappa shape index (κ2) is 4.37. The first-order valence-corrected chi connectivity index (χ1v) is 6.23. The molecule has 0 bridgehead atoms. The van der Waals surface area contributed by atoms with Gasteiger partial charge in [-0.25, -0.2) is 4.98 Å². The maximum absolute atomic E-state index is 6.00. The summed E-state index contributed by atoms with van der Waals surface area (Å²) in [5, 5.41) is 1.71. The fourth-order valence-electron chi connectivity index (χ4n) is 2.04. The third-order valence-electron chi connectivity index (χ3n) is 2.64. The summed E-state index contributed by atoms with van der Waals surface area (Å²) < 4.78 is 5.46. The Hall–Kier alpha value is -1.55. The summed E-state index contributed by atoms with van der Waals surface area (Å²) in [5.74, 6) is 0.854. The number of nitrogen functional groups attached to an aromatic ring is 1. The zero-order valence-corrected chi connectivity index (χ0v) is 11.3. The van der Waals surface area contributed by atoms with Crippen LogP contribution in [0.25, 0.3) is 11.3 Å². The number of nitrogens with two attached hydrogens (primary N) is 1. The molecule has 17 heavy (non-hydrogen) atoms. The minimum Gasteiger partial charge on any atom is -0.496 e. The van der Waals surface area contributed by atoms with Crippen LogP contribution in [0.3, 0.4) is 0 Å². The molecule has 2 N–H and O–H groups in total. The number of benzene rings is 1. The van der Waals surface area contributed by atoms with Crippen LogP contribution >= 0.6 is 11.3 Å². The minimum absolute atomic E-state index is 0.741. The van der Waals surface area contributed by atoms with E-state index in [0.717, 1.165) is 32.6 Å². The summed E-state index contributed by atoms with van der Waals surface area (Å²) in [4.78, 5) is 4.48. The molecule has 0 aliphatic heterocycles. The average molecular weight is 248 g/mol. The number of aryl methyl sites for hydroxylation is 3. The van der Waals surface area contributed by atoms with Crippen LogP contribution in [0.15, 0.2) is 12.1 Å². The molecule has 1 aromatic heterocycles. The molecular formula is C13H16N2OS. The van der Waals surface area contributed by atoms with Crippen molar-refractivity contribution in [1.82, 2.24) is 4.98 Å². The Morgan fingerprint density at radius 2 is 1.94 bits per heavy atom. The van der Waals surface area contributed by atoms with Crippen LogP contribution in [0.2, 0.25) is 0 Å². The molecular weight excluding hydrogens is 232 g/mol. The highest BCUT2D eigenvalue weighted by molar-refractivity contribution is 7.16. The van der Waals surface area contributed by atoms with Gasteiger partial charge in [-0.15, -0.1) is 11.3 Å². The van der Waals surface area contributed by atoms with E-state index in [4.69, 9.17) is 10.5 Å². The molecule has 90 valence electrons. The van der Waals surface area contributed by atoms with Gasteiger partial charge in [-0.2, -0.15) is 0 Å². The molecule has 0 unspecified atom stereocenters. The third-order valence-corrected chi connectivity index (χ3v) is 3.44. The van der Waals surface area contributed by atoms with Crippen molar-refractivity contribution in [2.45, 2.75) is 20.8 Å². The van der Waals surface area contributed by atoms with Gasteiger partial charge in [0.2, 0.25) is 0 Å². The van der Waals surface area contributed by atoms with Crippen LogP contribution in [0.4, 0.5) is 5.00 Å². The Bertz CT molecular complexity index is 561. The molecule has 0 saturated carbocycles. The molecule has 4 heteroatoms. The molecule has 0 amide bonds. The Balaban J connectivity index is 2.69. The van der Waals surface area contributed by atoms with Gasteiger partial charge in [0.15, 0.2) is 0 Å². The Morgan fingerprint density at radius 1 is 1.24 bits per heavy atom. The lowest BCUT2D eigenvalue weighted by Gasteiger charge is -2.11. The number of nitrogens with zero attached hydrogens (tertiary/aromatic N) is 1. The van der Waals surface area contributed by atoms with Gasteiger partial charge >= 0.3 is 0 Å². The fourth-order valence-corrected chi connectivity index (χ4v) is 2.74. The van der Waals surface area contributed by atoms with Crippen molar-refractivity contribution in [2.24, 2.45) is 0 Å². The van der Waals surface area contributed by atoms with Crippen molar-refractivity contribution in [3.05, 3.63) is 28.3 Å². The molecule has 2 aromatic rings. The molecule has 3 nitrogen and oxygen atoms in total. The van der Waals surface area contributed by atoms with Gasteiger partial charge < -0.3 is 10.5 Å². The predicted octanol–water partition coefficient (Wildman–Crippen LogP) is 3.33. The average Bonchev–Trinajstić information content (AvgIpc) is 2.56. The summed E-state index contributed by atoms with van der Waals surface area (Å²) >= 11 is 1.51. The van der Waals surface area contributed by atoms with E-state index in [-0.39, 0.29) is 0 Å². The van der Waals surface area contributed by atoms with E-state index < -0.39 is 0 Å². The smallest absolute Gasteiger partial charge is 0.131 e.